The number of hydrogen-bond donors (Lipinski definition) is 0. The van der Waals surface area contributed by atoms with Crippen molar-refractivity contribution in [1.82, 2.24) is 0 Å². The van der Waals surface area contributed by atoms with E-state index >= 15 is 0 Å². The van der Waals surface area contributed by atoms with E-state index in [4.69, 9.17) is 28.4 Å². The lowest BCUT2D eigenvalue weighted by Gasteiger charge is -2.25. The van der Waals surface area contributed by atoms with Gasteiger partial charge in [-0.2, -0.15) is 0 Å². The van der Waals surface area contributed by atoms with E-state index < -0.39 is 5.79 Å². The maximum atomic E-state index is 6.13. The minimum absolute atomic E-state index is 0.0804. The van der Waals surface area contributed by atoms with Crippen molar-refractivity contribution < 1.29 is 28.4 Å². The molecular formula is C17H22O6. The first kappa shape index (κ1) is 15.4. The molecule has 0 amide bonds. The van der Waals surface area contributed by atoms with Crippen molar-refractivity contribution in [2.75, 3.05) is 13.7 Å². The van der Waals surface area contributed by atoms with Gasteiger partial charge < -0.3 is 28.4 Å². The highest BCUT2D eigenvalue weighted by atomic mass is 16.8. The van der Waals surface area contributed by atoms with Gasteiger partial charge in [0, 0.05) is 0 Å². The van der Waals surface area contributed by atoms with Gasteiger partial charge in [0.1, 0.15) is 30.2 Å². The van der Waals surface area contributed by atoms with Crippen LogP contribution in [-0.4, -0.2) is 50.2 Å². The van der Waals surface area contributed by atoms with Gasteiger partial charge in [-0.25, -0.2) is 0 Å². The first-order valence-electron chi connectivity index (χ1n) is 7.93. The second kappa shape index (κ2) is 5.72. The number of benzene rings is 1. The highest BCUT2D eigenvalue weighted by molar-refractivity contribution is 5.26. The fourth-order valence-corrected chi connectivity index (χ4v) is 3.15. The Morgan fingerprint density at radius 2 is 1.87 bits per heavy atom. The Balaban J connectivity index is 1.44. The summed E-state index contributed by atoms with van der Waals surface area (Å²) in [4.78, 5) is 0. The highest BCUT2D eigenvalue weighted by Gasteiger charge is 2.59. The first-order chi connectivity index (χ1) is 11.1. The van der Waals surface area contributed by atoms with Crippen molar-refractivity contribution in [2.45, 2.75) is 56.9 Å². The molecule has 3 fully saturated rings. The van der Waals surface area contributed by atoms with Crippen LogP contribution in [0.3, 0.4) is 0 Å². The van der Waals surface area contributed by atoms with Gasteiger partial charge in [0.05, 0.1) is 20.3 Å². The molecule has 6 heteroatoms. The SMILES string of the molecule is COc1ccc(COC2C(C3CO3)OC3OC(C)(C)OC32)cc1. The molecule has 3 saturated heterocycles. The second-order valence-corrected chi connectivity index (χ2v) is 6.56. The molecule has 126 valence electrons. The minimum Gasteiger partial charge on any atom is -0.497 e. The van der Waals surface area contributed by atoms with E-state index in [0.29, 0.717) is 13.2 Å². The van der Waals surface area contributed by atoms with E-state index in [0.717, 1.165) is 11.3 Å². The molecule has 0 radical (unpaired) electrons. The normalized spacial score (nSPS) is 37.6. The van der Waals surface area contributed by atoms with Crippen LogP contribution in [0.1, 0.15) is 19.4 Å². The smallest absolute Gasteiger partial charge is 0.190 e. The van der Waals surface area contributed by atoms with E-state index in [2.05, 4.69) is 0 Å². The van der Waals surface area contributed by atoms with Crippen LogP contribution in [0.5, 0.6) is 5.75 Å². The molecule has 1 aromatic carbocycles. The van der Waals surface area contributed by atoms with E-state index in [9.17, 15) is 0 Å². The van der Waals surface area contributed by atoms with Crippen molar-refractivity contribution in [3.05, 3.63) is 29.8 Å². The lowest BCUT2D eigenvalue weighted by atomic mass is 10.1. The highest BCUT2D eigenvalue weighted by Crippen LogP contribution is 2.42. The van der Waals surface area contributed by atoms with Crippen molar-refractivity contribution in [3.63, 3.8) is 0 Å². The van der Waals surface area contributed by atoms with Gasteiger partial charge in [0.25, 0.3) is 0 Å². The third-order valence-corrected chi connectivity index (χ3v) is 4.35. The molecule has 0 spiro atoms. The molecule has 3 heterocycles. The molecule has 0 aromatic heterocycles. The molecule has 0 saturated carbocycles. The number of rotatable bonds is 5. The Morgan fingerprint density at radius 3 is 2.52 bits per heavy atom. The topological polar surface area (TPSA) is 58.7 Å². The van der Waals surface area contributed by atoms with Gasteiger partial charge in [0.15, 0.2) is 12.1 Å². The molecule has 5 atom stereocenters. The third-order valence-electron chi connectivity index (χ3n) is 4.35. The Bertz CT molecular complexity index is 553. The third kappa shape index (κ3) is 3.09. The van der Waals surface area contributed by atoms with Gasteiger partial charge in [-0.15, -0.1) is 0 Å². The van der Waals surface area contributed by atoms with E-state index in [1.165, 1.54) is 0 Å². The number of fused-ring (bicyclic) bond motifs is 1. The van der Waals surface area contributed by atoms with Gasteiger partial charge in [-0.05, 0) is 31.5 Å². The molecule has 0 bridgehead atoms. The van der Waals surface area contributed by atoms with Gasteiger partial charge >= 0.3 is 0 Å². The summed E-state index contributed by atoms with van der Waals surface area (Å²) >= 11 is 0. The molecule has 5 unspecified atom stereocenters. The molecule has 23 heavy (non-hydrogen) atoms. The molecule has 3 aliphatic heterocycles. The summed E-state index contributed by atoms with van der Waals surface area (Å²) in [6.07, 6.45) is -0.870. The molecule has 6 nitrogen and oxygen atoms in total. The Hall–Kier alpha value is -1.18. The lowest BCUT2D eigenvalue weighted by molar-refractivity contribution is -0.221. The number of epoxide rings is 1. The first-order valence-corrected chi connectivity index (χ1v) is 7.93. The van der Waals surface area contributed by atoms with Crippen molar-refractivity contribution >= 4 is 0 Å². The predicted molar refractivity (Wildman–Crippen MR) is 80.0 cm³/mol. The van der Waals surface area contributed by atoms with Crippen molar-refractivity contribution in [2.24, 2.45) is 0 Å². The summed E-state index contributed by atoms with van der Waals surface area (Å²) in [6.45, 7) is 4.96. The van der Waals surface area contributed by atoms with Crippen LogP contribution in [0, 0.1) is 0 Å². The maximum Gasteiger partial charge on any atom is 0.190 e. The average molecular weight is 322 g/mol. The number of methoxy groups -OCH3 is 1. The Morgan fingerprint density at radius 1 is 1.13 bits per heavy atom. The summed E-state index contributed by atoms with van der Waals surface area (Å²) in [7, 11) is 1.65. The molecule has 0 aliphatic carbocycles. The fraction of sp³-hybridized carbons (Fsp3) is 0.647. The second-order valence-electron chi connectivity index (χ2n) is 6.56. The van der Waals surface area contributed by atoms with Crippen LogP contribution in [0.25, 0.3) is 0 Å². The largest absolute Gasteiger partial charge is 0.497 e. The Labute approximate surface area is 135 Å². The van der Waals surface area contributed by atoms with Crippen LogP contribution in [0.4, 0.5) is 0 Å². The van der Waals surface area contributed by atoms with Crippen LogP contribution in [0.15, 0.2) is 24.3 Å². The van der Waals surface area contributed by atoms with Crippen LogP contribution >= 0.6 is 0 Å². The van der Waals surface area contributed by atoms with Crippen molar-refractivity contribution in [3.8, 4) is 5.75 Å². The minimum atomic E-state index is -0.646. The predicted octanol–water partition coefficient (Wildman–Crippen LogP) is 1.86. The summed E-state index contributed by atoms with van der Waals surface area (Å²) in [5.41, 5.74) is 1.07. The van der Waals surface area contributed by atoms with Gasteiger partial charge in [-0.3, -0.25) is 0 Å². The van der Waals surface area contributed by atoms with Crippen molar-refractivity contribution in [1.29, 1.82) is 0 Å². The average Bonchev–Trinajstić information content (AvgIpc) is 3.26. The zero-order valence-corrected chi connectivity index (χ0v) is 13.6. The molecule has 0 N–H and O–H groups in total. The van der Waals surface area contributed by atoms with Gasteiger partial charge in [0.2, 0.25) is 0 Å². The number of ether oxygens (including phenoxy) is 6. The monoisotopic (exact) mass is 322 g/mol. The van der Waals surface area contributed by atoms with Crippen LogP contribution < -0.4 is 4.74 Å². The molecule has 1 aromatic rings. The summed E-state index contributed by atoms with van der Waals surface area (Å²) in [5.74, 6) is 0.184. The van der Waals surface area contributed by atoms with E-state index in [1.807, 2.05) is 38.1 Å². The summed E-state index contributed by atoms with van der Waals surface area (Å²) < 4.78 is 34.4. The number of hydrogen-bond acceptors (Lipinski definition) is 6. The van der Waals surface area contributed by atoms with Gasteiger partial charge in [-0.1, -0.05) is 12.1 Å². The molecule has 4 rings (SSSR count). The van der Waals surface area contributed by atoms with Crippen LogP contribution in [-0.2, 0) is 30.3 Å². The summed E-state index contributed by atoms with van der Waals surface area (Å²) in [6, 6.07) is 7.83. The fourth-order valence-electron chi connectivity index (χ4n) is 3.15. The van der Waals surface area contributed by atoms with Crippen LogP contribution in [0.2, 0.25) is 0 Å². The van der Waals surface area contributed by atoms with E-state index in [1.54, 1.807) is 7.11 Å². The molecular weight excluding hydrogens is 300 g/mol. The zero-order chi connectivity index (χ0) is 16.0. The standard InChI is InChI=1S/C17H22O6/c1-17(2)22-15-14(13(12-9-19-12)21-16(15)23-17)20-8-10-4-6-11(18-3)7-5-10/h4-7,12-16H,8-9H2,1-3H3. The maximum absolute atomic E-state index is 6.13. The zero-order valence-electron chi connectivity index (χ0n) is 13.6. The molecule has 3 aliphatic rings. The quantitative estimate of drug-likeness (QED) is 0.771. The lowest BCUT2D eigenvalue weighted by Crippen LogP contribution is -2.39. The summed E-state index contributed by atoms with van der Waals surface area (Å²) in [5, 5.41) is 0. The van der Waals surface area contributed by atoms with E-state index in [-0.39, 0.29) is 30.7 Å². The Kier molecular flexibility index (Phi) is 3.82.